The maximum absolute atomic E-state index is 13.2. The number of amides is 2. The first-order valence-electron chi connectivity index (χ1n) is 10.3. The molecule has 0 unspecified atom stereocenters. The summed E-state index contributed by atoms with van der Waals surface area (Å²) in [4.78, 5) is 35.9. The third-order valence-electron chi connectivity index (χ3n) is 5.74. The van der Waals surface area contributed by atoms with Crippen LogP contribution in [0.3, 0.4) is 0 Å². The normalized spacial score (nSPS) is 20.1. The van der Waals surface area contributed by atoms with Crippen molar-refractivity contribution in [2.45, 2.75) is 31.5 Å². The summed E-state index contributed by atoms with van der Waals surface area (Å²) in [6.45, 7) is 2.65. The van der Waals surface area contributed by atoms with Crippen molar-refractivity contribution in [3.63, 3.8) is 0 Å². The number of halogens is 3. The lowest BCUT2D eigenvalue weighted by Crippen LogP contribution is -2.48. The minimum atomic E-state index is -4.42. The van der Waals surface area contributed by atoms with Gasteiger partial charge in [0.1, 0.15) is 11.9 Å². The molecule has 4 heterocycles. The number of pyridine rings is 1. The smallest absolute Gasteiger partial charge is 0.355 e. The number of carbonyl (C=O) groups excluding carboxylic acids is 2. The van der Waals surface area contributed by atoms with Crippen LogP contribution in [0.5, 0.6) is 0 Å². The SMILES string of the molecule is O=C([C@@H]1CCCN1C(=O)c1cccs1)N1CCCN(c2ccc(C(F)(F)F)cn2)CC1. The molecule has 0 radical (unpaired) electrons. The number of thiophene rings is 1. The molecule has 2 aromatic heterocycles. The highest BCUT2D eigenvalue weighted by atomic mass is 32.1. The zero-order valence-corrected chi connectivity index (χ0v) is 17.7. The summed E-state index contributed by atoms with van der Waals surface area (Å²) < 4.78 is 38.3. The van der Waals surface area contributed by atoms with E-state index in [-0.39, 0.29) is 11.8 Å². The maximum Gasteiger partial charge on any atom is 0.417 e. The van der Waals surface area contributed by atoms with E-state index in [4.69, 9.17) is 0 Å². The highest BCUT2D eigenvalue weighted by Crippen LogP contribution is 2.30. The number of hydrogen-bond acceptors (Lipinski definition) is 5. The second kappa shape index (κ2) is 8.86. The van der Waals surface area contributed by atoms with E-state index in [9.17, 15) is 22.8 Å². The van der Waals surface area contributed by atoms with Crippen molar-refractivity contribution >= 4 is 29.0 Å². The molecule has 0 N–H and O–H groups in total. The summed E-state index contributed by atoms with van der Waals surface area (Å²) in [5, 5.41) is 1.85. The largest absolute Gasteiger partial charge is 0.417 e. The van der Waals surface area contributed by atoms with Gasteiger partial charge in [0.25, 0.3) is 5.91 Å². The molecule has 6 nitrogen and oxygen atoms in total. The fraction of sp³-hybridized carbons (Fsp3) is 0.476. The van der Waals surface area contributed by atoms with Gasteiger partial charge < -0.3 is 14.7 Å². The summed E-state index contributed by atoms with van der Waals surface area (Å²) in [6, 6.07) is 5.55. The molecular formula is C21H23F3N4O2S. The predicted molar refractivity (Wildman–Crippen MR) is 111 cm³/mol. The molecule has 31 heavy (non-hydrogen) atoms. The molecule has 2 aliphatic rings. The molecule has 2 aromatic rings. The van der Waals surface area contributed by atoms with Crippen LogP contribution in [0, 0.1) is 0 Å². The fourth-order valence-corrected chi connectivity index (χ4v) is 4.81. The van der Waals surface area contributed by atoms with Gasteiger partial charge in [0.05, 0.1) is 10.4 Å². The molecule has 0 aromatic carbocycles. The van der Waals surface area contributed by atoms with Crippen LogP contribution in [0.4, 0.5) is 19.0 Å². The van der Waals surface area contributed by atoms with Crippen molar-refractivity contribution in [2.75, 3.05) is 37.6 Å². The Morgan fingerprint density at radius 1 is 1.03 bits per heavy atom. The second-order valence-electron chi connectivity index (χ2n) is 7.70. The van der Waals surface area contributed by atoms with Gasteiger partial charge in [-0.25, -0.2) is 4.98 Å². The standard InChI is InChI=1S/C21H23F3N4O2S/c22-21(23,24)15-6-7-18(25-14-15)26-8-3-9-27(12-11-26)19(29)16-4-1-10-28(16)20(30)17-5-2-13-31-17/h2,5-7,13-14,16H,1,3-4,8-12H2/t16-/m0/s1. The van der Waals surface area contributed by atoms with Gasteiger partial charge in [-0.2, -0.15) is 13.2 Å². The first-order valence-corrected chi connectivity index (χ1v) is 11.1. The Hall–Kier alpha value is -2.62. The van der Waals surface area contributed by atoms with Gasteiger partial charge in [-0.3, -0.25) is 9.59 Å². The van der Waals surface area contributed by atoms with Crippen LogP contribution in [0.15, 0.2) is 35.8 Å². The van der Waals surface area contributed by atoms with Crippen molar-refractivity contribution in [2.24, 2.45) is 0 Å². The quantitative estimate of drug-likeness (QED) is 0.715. The van der Waals surface area contributed by atoms with Crippen LogP contribution in [0.2, 0.25) is 0 Å². The molecular weight excluding hydrogens is 429 g/mol. The summed E-state index contributed by atoms with van der Waals surface area (Å²) in [5.74, 6) is 0.318. The van der Waals surface area contributed by atoms with Crippen molar-refractivity contribution in [3.05, 3.63) is 46.3 Å². The number of carbonyl (C=O) groups is 2. The number of alkyl halides is 3. The Morgan fingerprint density at radius 3 is 2.55 bits per heavy atom. The van der Waals surface area contributed by atoms with Crippen molar-refractivity contribution in [3.8, 4) is 0 Å². The molecule has 10 heteroatoms. The number of nitrogens with zero attached hydrogens (tertiary/aromatic N) is 4. The number of hydrogen-bond donors (Lipinski definition) is 0. The number of likely N-dealkylation sites (tertiary alicyclic amines) is 1. The topological polar surface area (TPSA) is 56.8 Å². The average Bonchev–Trinajstić information content (AvgIpc) is 3.40. The van der Waals surface area contributed by atoms with Gasteiger partial charge >= 0.3 is 6.18 Å². The van der Waals surface area contributed by atoms with Crippen LogP contribution >= 0.6 is 11.3 Å². The minimum absolute atomic E-state index is 0.0513. The minimum Gasteiger partial charge on any atom is -0.355 e. The highest BCUT2D eigenvalue weighted by molar-refractivity contribution is 7.12. The lowest BCUT2D eigenvalue weighted by atomic mass is 10.2. The van der Waals surface area contributed by atoms with E-state index in [0.717, 1.165) is 18.7 Å². The summed E-state index contributed by atoms with van der Waals surface area (Å²) in [5.41, 5.74) is -0.778. The molecule has 1 atom stereocenters. The molecule has 0 bridgehead atoms. The first kappa shape index (κ1) is 21.6. The summed E-state index contributed by atoms with van der Waals surface area (Å²) in [7, 11) is 0. The van der Waals surface area contributed by atoms with E-state index in [0.29, 0.717) is 56.3 Å². The summed E-state index contributed by atoms with van der Waals surface area (Å²) in [6.07, 6.45) is -1.45. The number of aromatic nitrogens is 1. The van der Waals surface area contributed by atoms with Crippen molar-refractivity contribution in [1.29, 1.82) is 0 Å². The van der Waals surface area contributed by atoms with E-state index in [2.05, 4.69) is 4.98 Å². The molecule has 2 amide bonds. The van der Waals surface area contributed by atoms with E-state index < -0.39 is 17.8 Å². The van der Waals surface area contributed by atoms with Crippen molar-refractivity contribution < 1.29 is 22.8 Å². The molecule has 2 aliphatic heterocycles. The second-order valence-corrected chi connectivity index (χ2v) is 8.65. The van der Waals surface area contributed by atoms with E-state index in [1.165, 1.54) is 17.4 Å². The van der Waals surface area contributed by atoms with Gasteiger partial charge in [0.15, 0.2) is 0 Å². The monoisotopic (exact) mass is 452 g/mol. The lowest BCUT2D eigenvalue weighted by Gasteiger charge is -2.29. The summed E-state index contributed by atoms with van der Waals surface area (Å²) >= 11 is 1.37. The van der Waals surface area contributed by atoms with Crippen molar-refractivity contribution in [1.82, 2.24) is 14.8 Å². The predicted octanol–water partition coefficient (Wildman–Crippen LogP) is 3.51. The number of rotatable bonds is 3. The Labute approximate surface area is 182 Å². The van der Waals surface area contributed by atoms with Gasteiger partial charge in [-0.1, -0.05) is 6.07 Å². The Kier molecular flexibility index (Phi) is 6.17. The van der Waals surface area contributed by atoms with E-state index in [1.54, 1.807) is 15.9 Å². The van der Waals surface area contributed by atoms with Gasteiger partial charge in [-0.15, -0.1) is 11.3 Å². The Bertz CT molecular complexity index is 918. The van der Waals surface area contributed by atoms with Crippen LogP contribution in [0.1, 0.15) is 34.5 Å². The Balaban J connectivity index is 1.40. The van der Waals surface area contributed by atoms with E-state index in [1.807, 2.05) is 16.3 Å². The van der Waals surface area contributed by atoms with Crippen LogP contribution in [0.25, 0.3) is 0 Å². The average molecular weight is 453 g/mol. The zero-order chi connectivity index (χ0) is 22.0. The fourth-order valence-electron chi connectivity index (χ4n) is 4.13. The number of anilines is 1. The third-order valence-corrected chi connectivity index (χ3v) is 6.60. The Morgan fingerprint density at radius 2 is 1.87 bits per heavy atom. The van der Waals surface area contributed by atoms with Crippen LogP contribution in [-0.2, 0) is 11.0 Å². The van der Waals surface area contributed by atoms with Crippen LogP contribution in [-0.4, -0.2) is 65.4 Å². The molecule has 0 spiro atoms. The molecule has 166 valence electrons. The van der Waals surface area contributed by atoms with Gasteiger partial charge in [-0.05, 0) is 42.8 Å². The first-order chi connectivity index (χ1) is 14.8. The lowest BCUT2D eigenvalue weighted by molar-refractivity contribution is -0.138. The maximum atomic E-state index is 13.2. The highest BCUT2D eigenvalue weighted by Gasteiger charge is 2.37. The molecule has 2 saturated heterocycles. The van der Waals surface area contributed by atoms with Gasteiger partial charge in [0, 0.05) is 38.9 Å². The molecule has 0 aliphatic carbocycles. The zero-order valence-electron chi connectivity index (χ0n) is 16.8. The third kappa shape index (κ3) is 4.68. The molecule has 4 rings (SSSR count). The van der Waals surface area contributed by atoms with Gasteiger partial charge in [0.2, 0.25) is 5.91 Å². The molecule has 0 saturated carbocycles. The van der Waals surface area contributed by atoms with Crippen LogP contribution < -0.4 is 4.90 Å². The van der Waals surface area contributed by atoms with E-state index >= 15 is 0 Å². The molecule has 2 fully saturated rings.